The molecular formula is C20H26N4O2. The first-order chi connectivity index (χ1) is 12.8. The zero-order chi connectivity index (χ0) is 17.9. The van der Waals surface area contributed by atoms with Gasteiger partial charge in [-0.1, -0.05) is 30.4 Å². The molecule has 0 N–H and O–H groups in total. The number of aryl methyl sites for hydroxylation is 1. The zero-order valence-electron chi connectivity index (χ0n) is 15.5. The van der Waals surface area contributed by atoms with E-state index in [4.69, 9.17) is 9.47 Å². The highest BCUT2D eigenvalue weighted by atomic mass is 16.5. The number of nitrogens with zero attached hydrogens (tertiary/aromatic N) is 4. The fraction of sp³-hybridized carbons (Fsp3) is 0.500. The Labute approximate surface area is 154 Å². The summed E-state index contributed by atoms with van der Waals surface area (Å²) >= 11 is 0. The summed E-state index contributed by atoms with van der Waals surface area (Å²) in [6.07, 6.45) is 7.76. The molecule has 0 amide bonds. The number of fused-ring (bicyclic) bond motifs is 1. The van der Waals surface area contributed by atoms with Crippen LogP contribution in [0, 0.1) is 0 Å². The number of rotatable bonds is 6. The Morgan fingerprint density at radius 3 is 2.96 bits per heavy atom. The number of benzene rings is 1. The Morgan fingerprint density at radius 2 is 2.12 bits per heavy atom. The standard InChI is InChI=1S/C20H26N4O2/c1-25-16-13-17(20-22-21-19-10-6-12-24(19)20)23(14-16)11-5-8-15-7-3-4-9-18(15)26-2/h3-5,7-9,16-17H,6,10-14H2,1-2H3/b8-5+/t16-,17+/m1/s1. The lowest BCUT2D eigenvalue weighted by molar-refractivity contribution is 0.109. The van der Waals surface area contributed by atoms with Crippen molar-refractivity contribution in [1.82, 2.24) is 19.7 Å². The van der Waals surface area contributed by atoms with Crippen molar-refractivity contribution < 1.29 is 9.47 Å². The number of hydrogen-bond donors (Lipinski definition) is 0. The van der Waals surface area contributed by atoms with Crippen LogP contribution < -0.4 is 4.74 Å². The summed E-state index contributed by atoms with van der Waals surface area (Å²) in [5.41, 5.74) is 1.09. The van der Waals surface area contributed by atoms with Crippen molar-refractivity contribution in [3.63, 3.8) is 0 Å². The van der Waals surface area contributed by atoms with Crippen LogP contribution in [-0.4, -0.2) is 53.1 Å². The molecule has 3 heterocycles. The molecule has 0 bridgehead atoms. The van der Waals surface area contributed by atoms with Gasteiger partial charge < -0.3 is 14.0 Å². The van der Waals surface area contributed by atoms with Gasteiger partial charge in [-0.05, 0) is 18.9 Å². The summed E-state index contributed by atoms with van der Waals surface area (Å²) in [5, 5.41) is 8.89. The monoisotopic (exact) mass is 354 g/mol. The third-order valence-corrected chi connectivity index (χ3v) is 5.41. The maximum Gasteiger partial charge on any atom is 0.150 e. The lowest BCUT2D eigenvalue weighted by atomic mass is 10.1. The molecule has 2 aliphatic heterocycles. The molecule has 1 aromatic heterocycles. The van der Waals surface area contributed by atoms with Crippen LogP contribution in [0.4, 0.5) is 0 Å². The minimum atomic E-state index is 0.244. The third kappa shape index (κ3) is 3.27. The molecule has 1 saturated heterocycles. The van der Waals surface area contributed by atoms with E-state index >= 15 is 0 Å². The van der Waals surface area contributed by atoms with E-state index in [1.165, 1.54) is 6.42 Å². The van der Waals surface area contributed by atoms with Gasteiger partial charge in [0.1, 0.15) is 11.6 Å². The van der Waals surface area contributed by atoms with E-state index in [2.05, 4.69) is 37.9 Å². The van der Waals surface area contributed by atoms with Gasteiger partial charge in [0.15, 0.2) is 5.82 Å². The van der Waals surface area contributed by atoms with Gasteiger partial charge in [-0.25, -0.2) is 0 Å². The molecule has 4 rings (SSSR count). The van der Waals surface area contributed by atoms with Crippen molar-refractivity contribution in [2.45, 2.75) is 38.0 Å². The zero-order valence-corrected chi connectivity index (χ0v) is 15.5. The second-order valence-electron chi connectivity index (χ2n) is 6.94. The number of ether oxygens (including phenoxy) is 2. The van der Waals surface area contributed by atoms with E-state index in [1.54, 1.807) is 14.2 Å². The Hall–Kier alpha value is -2.18. The van der Waals surface area contributed by atoms with Crippen LogP contribution in [0.3, 0.4) is 0 Å². The molecule has 0 unspecified atom stereocenters. The van der Waals surface area contributed by atoms with Gasteiger partial charge in [0.25, 0.3) is 0 Å². The highest BCUT2D eigenvalue weighted by molar-refractivity contribution is 5.57. The van der Waals surface area contributed by atoms with Crippen LogP contribution in [0.5, 0.6) is 5.75 Å². The van der Waals surface area contributed by atoms with Gasteiger partial charge in [-0.15, -0.1) is 10.2 Å². The second-order valence-corrected chi connectivity index (χ2v) is 6.94. The van der Waals surface area contributed by atoms with Crippen molar-refractivity contribution >= 4 is 6.08 Å². The van der Waals surface area contributed by atoms with Crippen LogP contribution in [0.1, 0.15) is 36.1 Å². The van der Waals surface area contributed by atoms with E-state index in [9.17, 15) is 0 Å². The van der Waals surface area contributed by atoms with E-state index in [-0.39, 0.29) is 12.1 Å². The van der Waals surface area contributed by atoms with Crippen molar-refractivity contribution in [3.8, 4) is 5.75 Å². The predicted octanol–water partition coefficient (Wildman–Crippen LogP) is 2.71. The van der Waals surface area contributed by atoms with Crippen molar-refractivity contribution in [2.75, 3.05) is 27.3 Å². The average molecular weight is 354 g/mol. The smallest absolute Gasteiger partial charge is 0.150 e. The van der Waals surface area contributed by atoms with Crippen molar-refractivity contribution in [3.05, 3.63) is 47.6 Å². The molecular weight excluding hydrogens is 328 g/mol. The molecule has 0 aliphatic carbocycles. The van der Waals surface area contributed by atoms with Gasteiger partial charge >= 0.3 is 0 Å². The summed E-state index contributed by atoms with van der Waals surface area (Å²) in [4.78, 5) is 2.44. The average Bonchev–Trinajstić information content (AvgIpc) is 3.37. The van der Waals surface area contributed by atoms with Gasteiger partial charge in [0, 0.05) is 38.7 Å². The quantitative estimate of drug-likeness (QED) is 0.798. The molecule has 6 heteroatoms. The van der Waals surface area contributed by atoms with E-state index < -0.39 is 0 Å². The molecule has 1 aromatic carbocycles. The Bertz CT molecular complexity index is 786. The number of aromatic nitrogens is 3. The summed E-state index contributed by atoms with van der Waals surface area (Å²) in [5.74, 6) is 3.12. The van der Waals surface area contributed by atoms with Crippen molar-refractivity contribution in [2.24, 2.45) is 0 Å². The molecule has 0 saturated carbocycles. The molecule has 0 radical (unpaired) electrons. The van der Waals surface area contributed by atoms with Crippen LogP contribution in [0.2, 0.25) is 0 Å². The summed E-state index contributed by atoms with van der Waals surface area (Å²) < 4.78 is 13.4. The number of likely N-dealkylation sites (tertiary alicyclic amines) is 1. The SMILES string of the molecule is COc1ccccc1/C=C/CN1C[C@H](OC)C[C@H]1c1nnc2n1CCC2. The number of methoxy groups -OCH3 is 2. The minimum absolute atomic E-state index is 0.244. The van der Waals surface area contributed by atoms with Gasteiger partial charge in [-0.2, -0.15) is 0 Å². The molecule has 6 nitrogen and oxygen atoms in total. The largest absolute Gasteiger partial charge is 0.496 e. The summed E-state index contributed by atoms with van der Waals surface area (Å²) in [6.45, 7) is 2.81. The van der Waals surface area contributed by atoms with Gasteiger partial charge in [0.05, 0.1) is 19.3 Å². The fourth-order valence-corrected chi connectivity index (χ4v) is 4.04. The fourth-order valence-electron chi connectivity index (χ4n) is 4.04. The van der Waals surface area contributed by atoms with Gasteiger partial charge in [0.2, 0.25) is 0 Å². The molecule has 138 valence electrons. The van der Waals surface area contributed by atoms with Gasteiger partial charge in [-0.3, -0.25) is 4.90 Å². The molecule has 1 fully saturated rings. The normalized spacial score (nSPS) is 23.0. The predicted molar refractivity (Wildman–Crippen MR) is 100 cm³/mol. The molecule has 2 aliphatic rings. The highest BCUT2D eigenvalue weighted by Crippen LogP contribution is 2.34. The van der Waals surface area contributed by atoms with Crippen LogP contribution in [0.15, 0.2) is 30.3 Å². The van der Waals surface area contributed by atoms with Crippen LogP contribution in [0.25, 0.3) is 6.08 Å². The van der Waals surface area contributed by atoms with Crippen molar-refractivity contribution in [1.29, 1.82) is 0 Å². The molecule has 0 spiro atoms. The topological polar surface area (TPSA) is 52.4 Å². The van der Waals surface area contributed by atoms with E-state index in [1.807, 2.05) is 18.2 Å². The Balaban J connectivity index is 1.51. The first-order valence-corrected chi connectivity index (χ1v) is 9.28. The number of para-hydroxylation sites is 1. The van der Waals surface area contributed by atoms with Crippen LogP contribution in [-0.2, 0) is 17.7 Å². The summed E-state index contributed by atoms with van der Waals surface area (Å²) in [6, 6.07) is 8.34. The van der Waals surface area contributed by atoms with E-state index in [0.717, 1.165) is 55.4 Å². The first-order valence-electron chi connectivity index (χ1n) is 9.28. The van der Waals surface area contributed by atoms with Crippen LogP contribution >= 0.6 is 0 Å². The lowest BCUT2D eigenvalue weighted by Crippen LogP contribution is -2.27. The third-order valence-electron chi connectivity index (χ3n) is 5.41. The molecule has 26 heavy (non-hydrogen) atoms. The Kier molecular flexibility index (Phi) is 5.04. The minimum Gasteiger partial charge on any atom is -0.496 e. The molecule has 2 aromatic rings. The summed E-state index contributed by atoms with van der Waals surface area (Å²) in [7, 11) is 3.50. The van der Waals surface area contributed by atoms with E-state index in [0.29, 0.717) is 0 Å². The first kappa shape index (κ1) is 17.2. The molecule has 2 atom stereocenters. The second kappa shape index (κ2) is 7.60. The highest BCUT2D eigenvalue weighted by Gasteiger charge is 2.36. The maximum atomic E-state index is 5.65. The lowest BCUT2D eigenvalue weighted by Gasteiger charge is -2.22. The number of hydrogen-bond acceptors (Lipinski definition) is 5. The maximum absolute atomic E-state index is 5.65. The Morgan fingerprint density at radius 1 is 1.23 bits per heavy atom.